The fourth-order valence-corrected chi connectivity index (χ4v) is 4.54. The van der Waals surface area contributed by atoms with Gasteiger partial charge in [-0.3, -0.25) is 0 Å². The van der Waals surface area contributed by atoms with Crippen molar-refractivity contribution in [3.05, 3.63) is 0 Å². The normalized spacial score (nSPS) is 11.1. The van der Waals surface area contributed by atoms with Gasteiger partial charge in [0.2, 0.25) is 0 Å². The summed E-state index contributed by atoms with van der Waals surface area (Å²) in [7, 11) is 0.354. The summed E-state index contributed by atoms with van der Waals surface area (Å²) in [6.07, 6.45) is 31.1. The Morgan fingerprint density at radius 3 is 0.846 bits per heavy atom. The molecule has 0 saturated carbocycles. The van der Waals surface area contributed by atoms with E-state index < -0.39 is 0 Å². The standard InChI is InChI=1S/C24H51P.BrH/c1-4-5-6-7-8-9-10-11-12-13-14-15-16-17-18-19-20-21-22-23-24-25(2)3;/h4-24H2,1-3H3;1H. The van der Waals surface area contributed by atoms with Crippen molar-refractivity contribution in [2.75, 3.05) is 19.5 Å². The van der Waals surface area contributed by atoms with Crippen molar-refractivity contribution in [1.29, 1.82) is 0 Å². The van der Waals surface area contributed by atoms with Crippen LogP contribution in [0.1, 0.15) is 135 Å². The average Bonchev–Trinajstić information content (AvgIpc) is 2.60. The molecule has 0 N–H and O–H groups in total. The van der Waals surface area contributed by atoms with Crippen molar-refractivity contribution in [2.24, 2.45) is 0 Å². The molecule has 0 aliphatic heterocycles. The van der Waals surface area contributed by atoms with Gasteiger partial charge in [0.25, 0.3) is 0 Å². The number of hydrogen-bond donors (Lipinski definition) is 0. The second-order valence-electron chi connectivity index (χ2n) is 8.52. The van der Waals surface area contributed by atoms with Gasteiger partial charge in [-0.2, -0.15) is 0 Å². The lowest BCUT2D eigenvalue weighted by Gasteiger charge is -2.05. The van der Waals surface area contributed by atoms with Crippen LogP contribution in [0.3, 0.4) is 0 Å². The van der Waals surface area contributed by atoms with Crippen molar-refractivity contribution in [1.82, 2.24) is 0 Å². The summed E-state index contributed by atoms with van der Waals surface area (Å²) in [5, 5.41) is 0. The first-order chi connectivity index (χ1) is 12.3. The molecule has 0 aliphatic carbocycles. The predicted octanol–water partition coefficient (Wildman–Crippen LogP) is 10.1. The minimum absolute atomic E-state index is 0. The molecule has 2 heteroatoms. The first kappa shape index (κ1) is 29.1. The fraction of sp³-hybridized carbons (Fsp3) is 1.00. The van der Waals surface area contributed by atoms with E-state index in [0.717, 1.165) is 0 Å². The molecule has 0 aromatic heterocycles. The van der Waals surface area contributed by atoms with Crippen LogP contribution in [-0.4, -0.2) is 19.5 Å². The first-order valence-corrected chi connectivity index (χ1v) is 14.3. The smallest absolute Gasteiger partial charge is 0.0331 e. The van der Waals surface area contributed by atoms with Gasteiger partial charge in [-0.05, 0) is 25.9 Å². The van der Waals surface area contributed by atoms with Gasteiger partial charge in [-0.15, -0.1) is 24.9 Å². The van der Waals surface area contributed by atoms with Gasteiger partial charge in [0.1, 0.15) is 0 Å². The summed E-state index contributed by atoms with van der Waals surface area (Å²) in [6, 6.07) is 0. The molecule has 0 unspecified atom stereocenters. The van der Waals surface area contributed by atoms with Crippen LogP contribution < -0.4 is 0 Å². The first-order valence-electron chi connectivity index (χ1n) is 11.9. The van der Waals surface area contributed by atoms with E-state index >= 15 is 0 Å². The molecular weight excluding hydrogens is 399 g/mol. The topological polar surface area (TPSA) is 0 Å². The van der Waals surface area contributed by atoms with E-state index in [1.54, 1.807) is 0 Å². The lowest BCUT2D eigenvalue weighted by Crippen LogP contribution is -1.85. The third-order valence-corrected chi connectivity index (χ3v) is 6.67. The Kier molecular flexibility index (Phi) is 29.0. The van der Waals surface area contributed by atoms with E-state index in [2.05, 4.69) is 20.3 Å². The lowest BCUT2D eigenvalue weighted by atomic mass is 10.0. The molecule has 0 bridgehead atoms. The molecule has 0 radical (unpaired) electrons. The highest BCUT2D eigenvalue weighted by molar-refractivity contribution is 8.93. The van der Waals surface area contributed by atoms with Gasteiger partial charge in [-0.1, -0.05) is 129 Å². The third-order valence-electron chi connectivity index (χ3n) is 5.46. The fourth-order valence-electron chi connectivity index (χ4n) is 3.68. The minimum atomic E-state index is 0. The van der Waals surface area contributed by atoms with Gasteiger partial charge in [-0.25, -0.2) is 0 Å². The Balaban J connectivity index is 0. The maximum Gasteiger partial charge on any atom is -0.0331 e. The molecule has 0 aliphatic rings. The molecule has 0 rings (SSSR count). The monoisotopic (exact) mass is 450 g/mol. The summed E-state index contributed by atoms with van der Waals surface area (Å²) < 4.78 is 0. The number of halogens is 1. The average molecular weight is 452 g/mol. The molecule has 26 heavy (non-hydrogen) atoms. The summed E-state index contributed by atoms with van der Waals surface area (Å²) in [5.74, 6) is 0. The van der Waals surface area contributed by atoms with E-state index in [9.17, 15) is 0 Å². The quantitative estimate of drug-likeness (QED) is 0.120. The van der Waals surface area contributed by atoms with Crippen molar-refractivity contribution in [3.8, 4) is 0 Å². The van der Waals surface area contributed by atoms with E-state index in [-0.39, 0.29) is 17.0 Å². The molecule has 0 spiro atoms. The zero-order valence-corrected chi connectivity index (χ0v) is 21.3. The van der Waals surface area contributed by atoms with Crippen LogP contribution >= 0.6 is 24.9 Å². The zero-order chi connectivity index (χ0) is 18.4. The van der Waals surface area contributed by atoms with Gasteiger partial charge >= 0.3 is 0 Å². The summed E-state index contributed by atoms with van der Waals surface area (Å²) in [6.45, 7) is 7.12. The van der Waals surface area contributed by atoms with Crippen LogP contribution in [0.2, 0.25) is 0 Å². The van der Waals surface area contributed by atoms with Crippen LogP contribution in [0.5, 0.6) is 0 Å². The van der Waals surface area contributed by atoms with Crippen molar-refractivity contribution >= 4 is 24.9 Å². The van der Waals surface area contributed by atoms with Crippen molar-refractivity contribution < 1.29 is 0 Å². The Morgan fingerprint density at radius 2 is 0.615 bits per heavy atom. The number of unbranched alkanes of at least 4 members (excludes halogenated alkanes) is 19. The van der Waals surface area contributed by atoms with Gasteiger partial charge < -0.3 is 0 Å². The SMILES string of the molecule is Br.CCCCCCCCCCCCCCCCCCCCCCP(C)C. The molecule has 0 aromatic carbocycles. The molecule has 0 saturated heterocycles. The van der Waals surface area contributed by atoms with Crippen LogP contribution in [0.15, 0.2) is 0 Å². The molecule has 0 amide bonds. The molecule has 0 heterocycles. The van der Waals surface area contributed by atoms with Crippen LogP contribution in [-0.2, 0) is 0 Å². The second-order valence-corrected chi connectivity index (χ2v) is 11.1. The van der Waals surface area contributed by atoms with Crippen molar-refractivity contribution in [3.63, 3.8) is 0 Å². The molecule has 0 aromatic rings. The van der Waals surface area contributed by atoms with E-state index in [0.29, 0.717) is 7.92 Å². The summed E-state index contributed by atoms with van der Waals surface area (Å²) in [5.41, 5.74) is 0. The predicted molar refractivity (Wildman–Crippen MR) is 132 cm³/mol. The van der Waals surface area contributed by atoms with E-state index in [1.807, 2.05) is 0 Å². The second kappa shape index (κ2) is 25.9. The largest absolute Gasteiger partial charge is 0.114 e. The highest BCUT2D eigenvalue weighted by Crippen LogP contribution is 2.26. The van der Waals surface area contributed by atoms with Gasteiger partial charge in [0.15, 0.2) is 0 Å². The Bertz CT molecular complexity index is 230. The van der Waals surface area contributed by atoms with E-state index in [4.69, 9.17) is 0 Å². The highest BCUT2D eigenvalue weighted by atomic mass is 79.9. The number of hydrogen-bond acceptors (Lipinski definition) is 0. The molecule has 0 atom stereocenters. The Labute approximate surface area is 179 Å². The highest BCUT2D eigenvalue weighted by Gasteiger charge is 1.96. The molecular formula is C24H52BrP. The summed E-state index contributed by atoms with van der Waals surface area (Å²) >= 11 is 0. The van der Waals surface area contributed by atoms with Gasteiger partial charge in [0, 0.05) is 0 Å². The minimum Gasteiger partial charge on any atom is -0.114 e. The summed E-state index contributed by atoms with van der Waals surface area (Å²) in [4.78, 5) is 0. The van der Waals surface area contributed by atoms with Crippen LogP contribution in [0, 0.1) is 0 Å². The number of rotatable bonds is 21. The van der Waals surface area contributed by atoms with Crippen LogP contribution in [0.4, 0.5) is 0 Å². The Hall–Kier alpha value is 0.910. The van der Waals surface area contributed by atoms with Crippen LogP contribution in [0.25, 0.3) is 0 Å². The third kappa shape index (κ3) is 27.1. The molecule has 0 nitrogen and oxygen atoms in total. The Morgan fingerprint density at radius 1 is 0.385 bits per heavy atom. The van der Waals surface area contributed by atoms with Gasteiger partial charge in [0.05, 0.1) is 0 Å². The van der Waals surface area contributed by atoms with Crippen molar-refractivity contribution in [2.45, 2.75) is 135 Å². The lowest BCUT2D eigenvalue weighted by molar-refractivity contribution is 0.523. The maximum atomic E-state index is 2.41. The van der Waals surface area contributed by atoms with E-state index in [1.165, 1.54) is 135 Å². The zero-order valence-electron chi connectivity index (χ0n) is 18.7. The molecule has 0 fully saturated rings. The molecule has 160 valence electrons. The maximum absolute atomic E-state index is 2.41.